The fraction of sp³-hybridized carbons (Fsp3) is 0.650. The second-order valence-corrected chi connectivity index (χ2v) is 10.5. The molecule has 1 aromatic carbocycles. The summed E-state index contributed by atoms with van der Waals surface area (Å²) in [6.07, 6.45) is 7.73. The molecule has 24 heavy (non-hydrogen) atoms. The van der Waals surface area contributed by atoms with Crippen LogP contribution in [0.2, 0.25) is 5.02 Å². The molecule has 4 fully saturated rings. The van der Waals surface area contributed by atoms with Gasteiger partial charge in [-0.3, -0.25) is 4.79 Å². The van der Waals surface area contributed by atoms with Crippen LogP contribution in [0, 0.1) is 17.3 Å². The van der Waals surface area contributed by atoms with Crippen LogP contribution < -0.4 is 0 Å². The van der Waals surface area contributed by atoms with Crippen molar-refractivity contribution in [1.82, 2.24) is 0 Å². The van der Waals surface area contributed by atoms with Gasteiger partial charge in [-0.05, 0) is 68.8 Å². The largest absolute Gasteiger partial charge is 0.458 e. The highest BCUT2D eigenvalue weighted by Gasteiger charge is 2.57. The zero-order chi connectivity index (χ0) is 16.9. The lowest BCUT2D eigenvalue weighted by Gasteiger charge is -2.60. The summed E-state index contributed by atoms with van der Waals surface area (Å²) in [4.78, 5) is 12.6. The molecule has 4 aliphatic carbocycles. The Morgan fingerprint density at radius 3 is 2.58 bits per heavy atom. The smallest absolute Gasteiger partial charge is 0.306 e. The van der Waals surface area contributed by atoms with Crippen LogP contribution in [0.1, 0.15) is 63.5 Å². The maximum atomic E-state index is 12.6. The van der Waals surface area contributed by atoms with E-state index in [-0.39, 0.29) is 21.8 Å². The van der Waals surface area contributed by atoms with E-state index >= 15 is 0 Å². The highest BCUT2D eigenvalue weighted by molar-refractivity contribution is 9.10. The van der Waals surface area contributed by atoms with Crippen LogP contribution >= 0.6 is 27.5 Å². The molecule has 0 spiro atoms. The van der Waals surface area contributed by atoms with Gasteiger partial charge in [-0.25, -0.2) is 0 Å². The average molecular weight is 412 g/mol. The minimum Gasteiger partial charge on any atom is -0.458 e. The number of carbonyl (C=O) groups excluding carboxylic acids is 1. The second-order valence-electron chi connectivity index (χ2n) is 8.44. The topological polar surface area (TPSA) is 26.3 Å². The van der Waals surface area contributed by atoms with Gasteiger partial charge >= 0.3 is 5.97 Å². The summed E-state index contributed by atoms with van der Waals surface area (Å²) < 4.78 is 6.03. The second kappa shape index (κ2) is 6.02. The van der Waals surface area contributed by atoms with Gasteiger partial charge in [-0.15, -0.1) is 0 Å². The summed E-state index contributed by atoms with van der Waals surface area (Å²) in [5.41, 5.74) is 1.04. The Bertz CT molecular complexity index is 645. The van der Waals surface area contributed by atoms with Gasteiger partial charge in [-0.2, -0.15) is 0 Å². The van der Waals surface area contributed by atoms with Gasteiger partial charge in [0.05, 0.1) is 6.42 Å². The third-order valence-electron chi connectivity index (χ3n) is 6.28. The number of hydrogen-bond acceptors (Lipinski definition) is 2. The highest BCUT2D eigenvalue weighted by atomic mass is 79.9. The SMILES string of the molecule is C[C@H](OC(=O)CC12C[C@@H]3C[C@@H](CC(Br)(C3)C1)C2)c1ccccc1Cl. The molecule has 0 aromatic heterocycles. The summed E-state index contributed by atoms with van der Waals surface area (Å²) in [6, 6.07) is 7.60. The van der Waals surface area contributed by atoms with Crippen LogP contribution in [-0.4, -0.2) is 10.3 Å². The lowest BCUT2D eigenvalue weighted by molar-refractivity contribution is -0.155. The normalized spacial score (nSPS) is 38.1. The first-order valence-electron chi connectivity index (χ1n) is 8.99. The van der Waals surface area contributed by atoms with E-state index in [1.807, 2.05) is 31.2 Å². The molecule has 5 rings (SSSR count). The van der Waals surface area contributed by atoms with E-state index < -0.39 is 0 Å². The van der Waals surface area contributed by atoms with Crippen LogP contribution in [0.15, 0.2) is 24.3 Å². The minimum absolute atomic E-state index is 0.0690. The van der Waals surface area contributed by atoms with Gasteiger partial charge in [0, 0.05) is 14.9 Å². The van der Waals surface area contributed by atoms with Crippen molar-refractivity contribution in [2.45, 2.75) is 62.3 Å². The Kier molecular flexibility index (Phi) is 4.24. The monoisotopic (exact) mass is 410 g/mol. The summed E-state index contributed by atoms with van der Waals surface area (Å²) >= 11 is 10.2. The van der Waals surface area contributed by atoms with E-state index in [0.29, 0.717) is 11.4 Å². The highest BCUT2D eigenvalue weighted by Crippen LogP contribution is 2.65. The number of esters is 1. The van der Waals surface area contributed by atoms with E-state index in [1.54, 1.807) is 0 Å². The molecule has 4 bridgehead atoms. The molecule has 0 amide bonds. The van der Waals surface area contributed by atoms with Crippen LogP contribution in [-0.2, 0) is 9.53 Å². The third kappa shape index (κ3) is 3.14. The van der Waals surface area contributed by atoms with Gasteiger partial charge in [0.25, 0.3) is 0 Å². The molecule has 0 heterocycles. The van der Waals surface area contributed by atoms with Crippen molar-refractivity contribution in [1.29, 1.82) is 0 Å². The molecule has 5 atom stereocenters. The van der Waals surface area contributed by atoms with Crippen LogP contribution in [0.3, 0.4) is 0 Å². The number of halogens is 2. The van der Waals surface area contributed by atoms with E-state index in [9.17, 15) is 4.79 Å². The fourth-order valence-electron chi connectivity index (χ4n) is 5.96. The third-order valence-corrected chi connectivity index (χ3v) is 7.55. The van der Waals surface area contributed by atoms with Crippen LogP contribution in [0.4, 0.5) is 0 Å². The van der Waals surface area contributed by atoms with Gasteiger partial charge in [0.2, 0.25) is 0 Å². The maximum absolute atomic E-state index is 12.6. The maximum Gasteiger partial charge on any atom is 0.306 e. The van der Waals surface area contributed by atoms with Crippen molar-refractivity contribution in [2.75, 3.05) is 0 Å². The average Bonchev–Trinajstić information content (AvgIpc) is 2.43. The molecule has 0 N–H and O–H groups in total. The van der Waals surface area contributed by atoms with Crippen molar-refractivity contribution in [2.24, 2.45) is 17.3 Å². The summed E-state index contributed by atoms with van der Waals surface area (Å²) in [7, 11) is 0. The van der Waals surface area contributed by atoms with E-state index in [2.05, 4.69) is 15.9 Å². The Labute approximate surface area is 157 Å². The molecular weight excluding hydrogens is 388 g/mol. The van der Waals surface area contributed by atoms with E-state index in [4.69, 9.17) is 16.3 Å². The molecule has 4 heteroatoms. The fourth-order valence-corrected chi connectivity index (χ4v) is 7.76. The van der Waals surface area contributed by atoms with Gasteiger partial charge in [-0.1, -0.05) is 45.7 Å². The number of ether oxygens (including phenoxy) is 1. The van der Waals surface area contributed by atoms with E-state index in [0.717, 1.165) is 23.8 Å². The van der Waals surface area contributed by atoms with Gasteiger partial charge in [0.1, 0.15) is 6.10 Å². The van der Waals surface area contributed by atoms with Gasteiger partial charge < -0.3 is 4.74 Å². The van der Waals surface area contributed by atoms with Crippen molar-refractivity contribution in [3.63, 3.8) is 0 Å². The molecule has 130 valence electrons. The number of benzene rings is 1. The number of hydrogen-bond donors (Lipinski definition) is 0. The molecule has 0 saturated heterocycles. The summed E-state index contributed by atoms with van der Waals surface area (Å²) in [5, 5.41) is 0.659. The molecule has 1 aromatic rings. The first kappa shape index (κ1) is 16.9. The first-order valence-corrected chi connectivity index (χ1v) is 10.2. The Balaban J connectivity index is 1.44. The Morgan fingerprint density at radius 2 is 1.96 bits per heavy atom. The molecule has 0 radical (unpaired) electrons. The number of alkyl halides is 1. The number of rotatable bonds is 4. The van der Waals surface area contributed by atoms with Crippen LogP contribution in [0.5, 0.6) is 0 Å². The summed E-state index contributed by atoms with van der Waals surface area (Å²) in [5.74, 6) is 1.51. The van der Waals surface area contributed by atoms with Crippen molar-refractivity contribution in [3.8, 4) is 0 Å². The molecule has 2 nitrogen and oxygen atoms in total. The van der Waals surface area contributed by atoms with Crippen molar-refractivity contribution < 1.29 is 9.53 Å². The standard InChI is InChI=1S/C20H24BrClO2/c1-13(16-4-2-3-5-17(16)22)24-18(23)11-19-7-14-6-15(8-19)10-20(21,9-14)12-19/h2-5,13-15H,6-12H2,1H3/t13-,14-,15+,19?,20?/m0/s1. The van der Waals surface area contributed by atoms with Crippen molar-refractivity contribution >= 4 is 33.5 Å². The van der Waals surface area contributed by atoms with Crippen molar-refractivity contribution in [3.05, 3.63) is 34.9 Å². The van der Waals surface area contributed by atoms with Gasteiger partial charge in [0.15, 0.2) is 0 Å². The summed E-state index contributed by atoms with van der Waals surface area (Å²) in [6.45, 7) is 1.91. The minimum atomic E-state index is -0.293. The molecule has 4 saturated carbocycles. The molecule has 4 aliphatic rings. The number of carbonyl (C=O) groups is 1. The zero-order valence-electron chi connectivity index (χ0n) is 14.1. The van der Waals surface area contributed by atoms with E-state index in [1.165, 1.54) is 32.1 Å². The van der Waals surface area contributed by atoms with Crippen LogP contribution in [0.25, 0.3) is 0 Å². The predicted octanol–water partition coefficient (Wildman–Crippen LogP) is 6.07. The lowest BCUT2D eigenvalue weighted by atomic mass is 9.49. The zero-order valence-corrected chi connectivity index (χ0v) is 16.4. The predicted molar refractivity (Wildman–Crippen MR) is 99.3 cm³/mol. The first-order chi connectivity index (χ1) is 11.4. The molecule has 2 unspecified atom stereocenters. The Morgan fingerprint density at radius 1 is 1.29 bits per heavy atom. The Hall–Kier alpha value is -0.540. The molecular formula is C20H24BrClO2. The molecule has 0 aliphatic heterocycles. The lowest BCUT2D eigenvalue weighted by Crippen LogP contribution is -2.53. The quantitative estimate of drug-likeness (QED) is 0.444.